The summed E-state index contributed by atoms with van der Waals surface area (Å²) in [5.74, 6) is 0.661. The number of halogens is 2. The Labute approximate surface area is 104 Å². The molecule has 15 heavy (non-hydrogen) atoms. The highest BCUT2D eigenvalue weighted by atomic mass is 79.9. The monoisotopic (exact) mass is 304 g/mol. The topological polar surface area (TPSA) is 48.1 Å². The number of hydrogen-bond acceptors (Lipinski definition) is 4. The third-order valence-corrected chi connectivity index (χ3v) is 3.15. The van der Waals surface area contributed by atoms with Gasteiger partial charge >= 0.3 is 0 Å². The van der Waals surface area contributed by atoms with Crippen molar-refractivity contribution in [3.05, 3.63) is 33.9 Å². The maximum Gasteiger partial charge on any atom is 0.280 e. The fourth-order valence-corrected chi connectivity index (χ4v) is 2.28. The van der Waals surface area contributed by atoms with Gasteiger partial charge in [0, 0.05) is 5.02 Å². The van der Waals surface area contributed by atoms with Crippen molar-refractivity contribution in [2.24, 2.45) is 0 Å². The molecule has 0 amide bonds. The Hall–Kier alpha value is -0.780. The lowest BCUT2D eigenvalue weighted by atomic mass is 10.3. The van der Waals surface area contributed by atoms with Crippen LogP contribution in [0.15, 0.2) is 28.9 Å². The minimum atomic E-state index is 0.510. The lowest BCUT2D eigenvalue weighted by Crippen LogP contribution is -1.83. The molecule has 2 rings (SSSR count). The van der Waals surface area contributed by atoms with E-state index >= 15 is 0 Å². The molecule has 0 spiro atoms. The lowest BCUT2D eigenvalue weighted by Gasteiger charge is -2.03. The number of nitrogens with zero attached hydrogens (tertiary/aromatic N) is 1. The molecule has 78 valence electrons. The number of nitrogen functional groups attached to an aromatic ring is 1. The summed E-state index contributed by atoms with van der Waals surface area (Å²) in [5.41, 5.74) is 5.54. The fraction of sp³-hybridized carbons (Fsp3) is 0. The second-order valence-electron chi connectivity index (χ2n) is 2.71. The van der Waals surface area contributed by atoms with E-state index in [2.05, 4.69) is 20.9 Å². The number of thiazole rings is 1. The van der Waals surface area contributed by atoms with E-state index in [0.717, 1.165) is 4.47 Å². The first-order valence-electron chi connectivity index (χ1n) is 3.99. The molecule has 0 radical (unpaired) electrons. The van der Waals surface area contributed by atoms with Gasteiger partial charge in [-0.1, -0.05) is 22.9 Å². The van der Waals surface area contributed by atoms with Gasteiger partial charge in [-0.2, -0.15) is 0 Å². The predicted molar refractivity (Wildman–Crippen MR) is 65.8 cm³/mol. The Kier molecular flexibility index (Phi) is 3.14. The largest absolute Gasteiger partial charge is 0.430 e. The van der Waals surface area contributed by atoms with Crippen LogP contribution < -0.4 is 10.5 Å². The molecule has 1 aromatic heterocycles. The number of aromatic nitrogens is 1. The number of rotatable bonds is 2. The molecule has 2 aromatic rings. The third kappa shape index (κ3) is 2.62. The second kappa shape index (κ2) is 4.38. The van der Waals surface area contributed by atoms with Crippen molar-refractivity contribution in [2.45, 2.75) is 0 Å². The van der Waals surface area contributed by atoms with Crippen LogP contribution in [0.4, 0.5) is 5.00 Å². The summed E-state index contributed by atoms with van der Waals surface area (Å²) in [6.45, 7) is 0. The van der Waals surface area contributed by atoms with E-state index in [1.54, 1.807) is 24.4 Å². The normalized spacial score (nSPS) is 10.3. The van der Waals surface area contributed by atoms with Crippen molar-refractivity contribution in [3.8, 4) is 10.9 Å². The molecule has 0 aliphatic carbocycles. The third-order valence-electron chi connectivity index (χ3n) is 1.59. The van der Waals surface area contributed by atoms with E-state index < -0.39 is 0 Å². The molecule has 0 aliphatic rings. The van der Waals surface area contributed by atoms with Gasteiger partial charge in [-0.15, -0.1) is 0 Å². The average Bonchev–Trinajstić information content (AvgIpc) is 2.56. The van der Waals surface area contributed by atoms with Crippen LogP contribution in [0, 0.1) is 0 Å². The number of anilines is 1. The summed E-state index contributed by atoms with van der Waals surface area (Å²) >= 11 is 10.4. The molecule has 0 unspecified atom stereocenters. The van der Waals surface area contributed by atoms with E-state index in [1.165, 1.54) is 11.3 Å². The minimum absolute atomic E-state index is 0.510. The molecular weight excluding hydrogens is 300 g/mol. The highest BCUT2D eigenvalue weighted by Gasteiger charge is 2.06. The standard InChI is InChI=1S/C9H6BrClN2OS/c10-6-3-5(11)1-2-7(6)14-9-13-4-8(12)15-9/h1-4H,12H2. The molecule has 0 atom stereocenters. The maximum absolute atomic E-state index is 5.81. The van der Waals surface area contributed by atoms with Crippen LogP contribution in [0.25, 0.3) is 0 Å². The quantitative estimate of drug-likeness (QED) is 0.914. The van der Waals surface area contributed by atoms with Gasteiger partial charge in [-0.3, -0.25) is 0 Å². The van der Waals surface area contributed by atoms with Crippen molar-refractivity contribution < 1.29 is 4.74 Å². The molecule has 2 N–H and O–H groups in total. The van der Waals surface area contributed by atoms with Crippen LogP contribution in [0.1, 0.15) is 0 Å². The zero-order chi connectivity index (χ0) is 10.8. The van der Waals surface area contributed by atoms with E-state index in [-0.39, 0.29) is 0 Å². The number of nitrogens with two attached hydrogens (primary N) is 1. The summed E-state index contributed by atoms with van der Waals surface area (Å²) < 4.78 is 6.29. The van der Waals surface area contributed by atoms with Crippen LogP contribution in [0.5, 0.6) is 10.9 Å². The van der Waals surface area contributed by atoms with Crippen molar-refractivity contribution in [1.29, 1.82) is 0 Å². The van der Waals surface area contributed by atoms with Gasteiger partial charge in [0.2, 0.25) is 0 Å². The molecule has 0 fully saturated rings. The maximum atomic E-state index is 5.81. The zero-order valence-electron chi connectivity index (χ0n) is 7.41. The number of hydrogen-bond donors (Lipinski definition) is 1. The Morgan fingerprint density at radius 2 is 2.27 bits per heavy atom. The van der Waals surface area contributed by atoms with E-state index in [4.69, 9.17) is 22.1 Å². The van der Waals surface area contributed by atoms with Gasteiger partial charge in [0.15, 0.2) is 0 Å². The van der Waals surface area contributed by atoms with Gasteiger partial charge < -0.3 is 10.5 Å². The Morgan fingerprint density at radius 3 is 2.87 bits per heavy atom. The van der Waals surface area contributed by atoms with E-state index in [1.807, 2.05) is 0 Å². The fourth-order valence-electron chi connectivity index (χ4n) is 0.969. The molecule has 0 saturated carbocycles. The van der Waals surface area contributed by atoms with Crippen LogP contribution in [-0.2, 0) is 0 Å². The Balaban J connectivity index is 2.24. The first-order valence-corrected chi connectivity index (χ1v) is 5.98. The van der Waals surface area contributed by atoms with E-state index in [9.17, 15) is 0 Å². The number of benzene rings is 1. The summed E-state index contributed by atoms with van der Waals surface area (Å²) in [7, 11) is 0. The molecule has 0 aliphatic heterocycles. The molecule has 1 aromatic carbocycles. The van der Waals surface area contributed by atoms with E-state index in [0.29, 0.717) is 21.0 Å². The molecule has 0 bridgehead atoms. The van der Waals surface area contributed by atoms with Crippen molar-refractivity contribution in [3.63, 3.8) is 0 Å². The SMILES string of the molecule is Nc1cnc(Oc2ccc(Cl)cc2Br)s1. The lowest BCUT2D eigenvalue weighted by molar-refractivity contribution is 0.476. The van der Waals surface area contributed by atoms with Gasteiger partial charge in [0.1, 0.15) is 10.8 Å². The van der Waals surface area contributed by atoms with Gasteiger partial charge in [0.05, 0.1) is 10.7 Å². The molecular formula is C9H6BrClN2OS. The van der Waals surface area contributed by atoms with Gasteiger partial charge in [-0.25, -0.2) is 4.98 Å². The average molecular weight is 306 g/mol. The summed E-state index contributed by atoms with van der Waals surface area (Å²) in [6, 6.07) is 5.27. The second-order valence-corrected chi connectivity index (χ2v) is 5.02. The minimum Gasteiger partial charge on any atom is -0.430 e. The summed E-state index contributed by atoms with van der Waals surface area (Å²) in [6.07, 6.45) is 1.56. The van der Waals surface area contributed by atoms with Crippen LogP contribution in [0.2, 0.25) is 5.02 Å². The first kappa shape index (κ1) is 10.7. The van der Waals surface area contributed by atoms with Crippen molar-refractivity contribution in [1.82, 2.24) is 4.98 Å². The molecule has 3 nitrogen and oxygen atoms in total. The van der Waals surface area contributed by atoms with Crippen molar-refractivity contribution >= 4 is 43.9 Å². The zero-order valence-corrected chi connectivity index (χ0v) is 10.6. The highest BCUT2D eigenvalue weighted by Crippen LogP contribution is 2.34. The van der Waals surface area contributed by atoms with Gasteiger partial charge in [0.25, 0.3) is 5.19 Å². The Morgan fingerprint density at radius 1 is 1.47 bits per heavy atom. The van der Waals surface area contributed by atoms with Crippen molar-refractivity contribution in [2.75, 3.05) is 5.73 Å². The first-order chi connectivity index (χ1) is 7.15. The molecule has 6 heteroatoms. The highest BCUT2D eigenvalue weighted by molar-refractivity contribution is 9.10. The summed E-state index contributed by atoms with van der Waals surface area (Å²) in [4.78, 5) is 3.99. The van der Waals surface area contributed by atoms with Crippen LogP contribution >= 0.6 is 38.9 Å². The smallest absolute Gasteiger partial charge is 0.280 e. The molecule has 1 heterocycles. The number of ether oxygens (including phenoxy) is 1. The van der Waals surface area contributed by atoms with Gasteiger partial charge in [-0.05, 0) is 34.1 Å². The summed E-state index contributed by atoms with van der Waals surface area (Å²) in [5, 5.41) is 1.78. The molecule has 0 saturated heterocycles. The Bertz CT molecular complexity index is 489. The van der Waals surface area contributed by atoms with Crippen LogP contribution in [-0.4, -0.2) is 4.98 Å². The predicted octanol–water partition coefficient (Wildman–Crippen LogP) is 3.93. The van der Waals surface area contributed by atoms with Crippen LogP contribution in [0.3, 0.4) is 0 Å².